The lowest BCUT2D eigenvalue weighted by molar-refractivity contribution is 0.583. The summed E-state index contributed by atoms with van der Waals surface area (Å²) in [6.45, 7) is 2.09. The van der Waals surface area contributed by atoms with Gasteiger partial charge in [0.05, 0.1) is 17.1 Å². The van der Waals surface area contributed by atoms with Gasteiger partial charge in [0.1, 0.15) is 11.6 Å². The molecule has 3 nitrogen and oxygen atoms in total. The van der Waals surface area contributed by atoms with Crippen LogP contribution in [0.25, 0.3) is 11.0 Å². The minimum atomic E-state index is -0.244. The first-order valence-corrected chi connectivity index (χ1v) is 5.51. The smallest absolute Gasteiger partial charge is 0.126 e. The number of rotatable bonds is 3. The van der Waals surface area contributed by atoms with E-state index in [1.807, 2.05) is 11.6 Å². The van der Waals surface area contributed by atoms with E-state index in [-0.39, 0.29) is 11.9 Å². The number of halogens is 1. The van der Waals surface area contributed by atoms with Gasteiger partial charge in [-0.15, -0.1) is 0 Å². The Hall–Kier alpha value is -1.42. The maximum Gasteiger partial charge on any atom is 0.126 e. The summed E-state index contributed by atoms with van der Waals surface area (Å²) in [5.74, 6) is 0.577. The molecule has 1 aromatic heterocycles. The molecular formula is C12H16FN3. The van der Waals surface area contributed by atoms with Crippen LogP contribution < -0.4 is 5.73 Å². The zero-order valence-corrected chi connectivity index (χ0v) is 9.57. The maximum absolute atomic E-state index is 13.1. The van der Waals surface area contributed by atoms with Crippen molar-refractivity contribution in [3.8, 4) is 0 Å². The second-order valence-corrected chi connectivity index (χ2v) is 4.06. The molecule has 0 saturated carbocycles. The highest BCUT2D eigenvalue weighted by molar-refractivity contribution is 5.76. The van der Waals surface area contributed by atoms with Crippen LogP contribution in [0.2, 0.25) is 0 Å². The second-order valence-electron chi connectivity index (χ2n) is 4.06. The largest absolute Gasteiger partial charge is 0.330 e. The van der Waals surface area contributed by atoms with Crippen LogP contribution in [0.1, 0.15) is 31.6 Å². The highest BCUT2D eigenvalue weighted by Crippen LogP contribution is 2.21. The van der Waals surface area contributed by atoms with Crippen molar-refractivity contribution in [1.82, 2.24) is 9.55 Å². The van der Waals surface area contributed by atoms with E-state index in [4.69, 9.17) is 5.73 Å². The molecule has 16 heavy (non-hydrogen) atoms. The Balaban J connectivity index is 2.51. The number of hydrogen-bond acceptors (Lipinski definition) is 2. The monoisotopic (exact) mass is 221 g/mol. The molecular weight excluding hydrogens is 205 g/mol. The van der Waals surface area contributed by atoms with E-state index in [0.29, 0.717) is 0 Å². The van der Waals surface area contributed by atoms with E-state index >= 15 is 0 Å². The first kappa shape index (κ1) is 11.1. The number of nitrogens with two attached hydrogens (primary N) is 1. The molecule has 0 saturated heterocycles. The Labute approximate surface area is 94.1 Å². The van der Waals surface area contributed by atoms with Gasteiger partial charge in [0, 0.05) is 7.05 Å². The molecule has 0 amide bonds. The first-order valence-electron chi connectivity index (χ1n) is 5.51. The van der Waals surface area contributed by atoms with Crippen LogP contribution >= 0.6 is 0 Å². The van der Waals surface area contributed by atoms with Crippen LogP contribution in [0, 0.1) is 5.82 Å². The van der Waals surface area contributed by atoms with Gasteiger partial charge < -0.3 is 10.3 Å². The number of benzene rings is 1. The van der Waals surface area contributed by atoms with Gasteiger partial charge in [0.25, 0.3) is 0 Å². The van der Waals surface area contributed by atoms with E-state index in [0.717, 1.165) is 29.7 Å². The molecule has 0 aliphatic rings. The van der Waals surface area contributed by atoms with Crippen molar-refractivity contribution in [2.24, 2.45) is 12.8 Å². The van der Waals surface area contributed by atoms with Gasteiger partial charge in [-0.1, -0.05) is 13.3 Å². The predicted molar refractivity (Wildman–Crippen MR) is 62.5 cm³/mol. The number of imidazole rings is 1. The number of nitrogens with zero attached hydrogens (tertiary/aromatic N) is 2. The molecule has 1 heterocycles. The first-order chi connectivity index (χ1) is 7.63. The lowest BCUT2D eigenvalue weighted by Crippen LogP contribution is -2.14. The van der Waals surface area contributed by atoms with Crippen LogP contribution in [0.5, 0.6) is 0 Å². The molecule has 2 rings (SSSR count). The van der Waals surface area contributed by atoms with Crippen LogP contribution in [-0.4, -0.2) is 9.55 Å². The number of aryl methyl sites for hydroxylation is 1. The zero-order valence-electron chi connectivity index (χ0n) is 9.57. The van der Waals surface area contributed by atoms with Crippen LogP contribution in [0.3, 0.4) is 0 Å². The molecule has 0 radical (unpaired) electrons. The van der Waals surface area contributed by atoms with Gasteiger partial charge in [-0.05, 0) is 24.6 Å². The molecule has 1 atom stereocenters. The zero-order chi connectivity index (χ0) is 11.7. The Morgan fingerprint density at radius 3 is 2.94 bits per heavy atom. The van der Waals surface area contributed by atoms with Crippen molar-refractivity contribution >= 4 is 11.0 Å². The van der Waals surface area contributed by atoms with E-state index in [1.54, 1.807) is 6.07 Å². The van der Waals surface area contributed by atoms with Gasteiger partial charge in [-0.2, -0.15) is 0 Å². The minimum Gasteiger partial charge on any atom is -0.330 e. The Morgan fingerprint density at radius 1 is 1.50 bits per heavy atom. The van der Waals surface area contributed by atoms with E-state index in [9.17, 15) is 4.39 Å². The third-order valence-electron chi connectivity index (χ3n) is 2.81. The maximum atomic E-state index is 13.1. The van der Waals surface area contributed by atoms with Crippen molar-refractivity contribution in [2.45, 2.75) is 25.8 Å². The van der Waals surface area contributed by atoms with Gasteiger partial charge in [-0.3, -0.25) is 0 Å². The molecule has 2 aromatic rings. The number of hydrogen-bond donors (Lipinski definition) is 1. The van der Waals surface area contributed by atoms with Crippen LogP contribution in [0.15, 0.2) is 18.2 Å². The fourth-order valence-corrected chi connectivity index (χ4v) is 1.95. The quantitative estimate of drug-likeness (QED) is 0.865. The van der Waals surface area contributed by atoms with Crippen molar-refractivity contribution < 1.29 is 4.39 Å². The minimum absolute atomic E-state index is 0.0783. The summed E-state index contributed by atoms with van der Waals surface area (Å²) in [5, 5.41) is 0. The standard InChI is InChI=1S/C12H16FN3/c1-3-4-9(14)12-15-10-6-5-8(13)7-11(10)16(12)2/h5-7,9H,3-4,14H2,1-2H3. The summed E-state index contributed by atoms with van der Waals surface area (Å²) < 4.78 is 15.0. The summed E-state index contributed by atoms with van der Waals surface area (Å²) in [7, 11) is 1.87. The molecule has 0 bridgehead atoms. The summed E-state index contributed by atoms with van der Waals surface area (Å²) in [6, 6.07) is 4.52. The fourth-order valence-electron chi connectivity index (χ4n) is 1.95. The average molecular weight is 221 g/mol. The van der Waals surface area contributed by atoms with Crippen molar-refractivity contribution in [2.75, 3.05) is 0 Å². The Morgan fingerprint density at radius 2 is 2.25 bits per heavy atom. The van der Waals surface area contributed by atoms with E-state index < -0.39 is 0 Å². The van der Waals surface area contributed by atoms with Crippen LogP contribution in [0.4, 0.5) is 4.39 Å². The number of aromatic nitrogens is 2. The number of fused-ring (bicyclic) bond motifs is 1. The molecule has 0 spiro atoms. The lowest BCUT2D eigenvalue weighted by atomic mass is 10.2. The summed E-state index contributed by atoms with van der Waals surface area (Å²) in [6.07, 6.45) is 1.90. The summed E-state index contributed by atoms with van der Waals surface area (Å²) >= 11 is 0. The van der Waals surface area contributed by atoms with E-state index in [2.05, 4.69) is 11.9 Å². The molecule has 1 aromatic carbocycles. The SMILES string of the molecule is CCCC(N)c1nc2ccc(F)cc2n1C. The highest BCUT2D eigenvalue weighted by atomic mass is 19.1. The van der Waals surface area contributed by atoms with Crippen molar-refractivity contribution in [3.05, 3.63) is 29.8 Å². The lowest BCUT2D eigenvalue weighted by Gasteiger charge is -2.09. The Bertz CT molecular complexity index is 504. The van der Waals surface area contributed by atoms with E-state index in [1.165, 1.54) is 12.1 Å². The molecule has 4 heteroatoms. The molecule has 0 aliphatic carbocycles. The Kier molecular flexibility index (Phi) is 2.92. The van der Waals surface area contributed by atoms with Crippen molar-refractivity contribution in [3.63, 3.8) is 0 Å². The van der Waals surface area contributed by atoms with Gasteiger partial charge in [0.15, 0.2) is 0 Å². The summed E-state index contributed by atoms with van der Waals surface area (Å²) in [4.78, 5) is 4.44. The van der Waals surface area contributed by atoms with Gasteiger partial charge in [0.2, 0.25) is 0 Å². The van der Waals surface area contributed by atoms with Crippen LogP contribution in [-0.2, 0) is 7.05 Å². The molecule has 0 fully saturated rings. The highest BCUT2D eigenvalue weighted by Gasteiger charge is 2.14. The van der Waals surface area contributed by atoms with Crippen molar-refractivity contribution in [1.29, 1.82) is 0 Å². The molecule has 0 aliphatic heterocycles. The third-order valence-corrected chi connectivity index (χ3v) is 2.81. The average Bonchev–Trinajstić information content (AvgIpc) is 2.57. The summed E-state index contributed by atoms with van der Waals surface area (Å²) in [5.41, 5.74) is 7.62. The normalized spacial score (nSPS) is 13.2. The topological polar surface area (TPSA) is 43.8 Å². The fraction of sp³-hybridized carbons (Fsp3) is 0.417. The molecule has 2 N–H and O–H groups in total. The van der Waals surface area contributed by atoms with Gasteiger partial charge >= 0.3 is 0 Å². The third kappa shape index (κ3) is 1.80. The molecule has 1 unspecified atom stereocenters. The predicted octanol–water partition coefficient (Wildman–Crippen LogP) is 2.51. The van der Waals surface area contributed by atoms with Gasteiger partial charge in [-0.25, -0.2) is 9.37 Å². The molecule has 86 valence electrons. The second kappa shape index (κ2) is 4.22.